The molecule has 2 amide bonds. The van der Waals surface area contributed by atoms with Crippen molar-refractivity contribution < 1.29 is 19.1 Å². The van der Waals surface area contributed by atoms with Crippen LogP contribution in [0, 0.1) is 6.92 Å². The lowest BCUT2D eigenvalue weighted by atomic mass is 10.1. The predicted molar refractivity (Wildman–Crippen MR) is 73.2 cm³/mol. The van der Waals surface area contributed by atoms with E-state index in [9.17, 15) is 14.4 Å². The molecular weight excluding hydrogens is 260 g/mol. The highest BCUT2D eigenvalue weighted by Crippen LogP contribution is 2.05. The summed E-state index contributed by atoms with van der Waals surface area (Å²) in [5.74, 6) is -1.28. The lowest BCUT2D eigenvalue weighted by Gasteiger charge is -2.15. The number of nitrogens with zero attached hydrogens (tertiary/aromatic N) is 1. The Hall–Kier alpha value is -2.37. The number of aryl methyl sites for hydroxylation is 1. The molecule has 0 bridgehead atoms. The van der Waals surface area contributed by atoms with E-state index in [1.54, 1.807) is 18.2 Å². The zero-order chi connectivity index (χ0) is 15.1. The summed E-state index contributed by atoms with van der Waals surface area (Å²) in [7, 11) is 2.95. The Balaban J connectivity index is 2.48. The molecule has 0 unspecified atom stereocenters. The van der Waals surface area contributed by atoms with Crippen molar-refractivity contribution in [2.24, 2.45) is 0 Å². The summed E-state index contributed by atoms with van der Waals surface area (Å²) in [5, 5.41) is 2.41. The topological polar surface area (TPSA) is 75.7 Å². The third-order valence-corrected chi connectivity index (χ3v) is 2.67. The first-order valence-corrected chi connectivity index (χ1v) is 6.12. The molecule has 1 N–H and O–H groups in total. The fourth-order valence-electron chi connectivity index (χ4n) is 1.48. The maximum atomic E-state index is 11.7. The molecule has 6 heteroatoms. The van der Waals surface area contributed by atoms with Gasteiger partial charge in [-0.3, -0.25) is 9.59 Å². The van der Waals surface area contributed by atoms with E-state index in [0.29, 0.717) is 5.56 Å². The fraction of sp³-hybridized carbons (Fsp3) is 0.357. The normalized spacial score (nSPS) is 9.75. The second kappa shape index (κ2) is 7.28. The third-order valence-electron chi connectivity index (χ3n) is 2.67. The summed E-state index contributed by atoms with van der Waals surface area (Å²) in [6, 6.07) is 6.90. The first kappa shape index (κ1) is 15.7. The number of benzene rings is 1. The molecule has 0 aliphatic rings. The highest BCUT2D eigenvalue weighted by molar-refractivity contribution is 5.92. The first-order chi connectivity index (χ1) is 9.43. The lowest BCUT2D eigenvalue weighted by Crippen LogP contribution is -2.39. The molecule has 1 aromatic rings. The Kier molecular flexibility index (Phi) is 5.71. The van der Waals surface area contributed by atoms with Crippen LogP contribution in [-0.2, 0) is 14.3 Å². The van der Waals surface area contributed by atoms with Crippen LogP contribution in [0.2, 0.25) is 0 Å². The average molecular weight is 278 g/mol. The Morgan fingerprint density at radius 2 is 2.00 bits per heavy atom. The monoisotopic (exact) mass is 278 g/mol. The van der Waals surface area contributed by atoms with E-state index in [1.165, 1.54) is 19.0 Å². The van der Waals surface area contributed by atoms with Gasteiger partial charge in [0.2, 0.25) is 5.91 Å². The minimum atomic E-state index is -0.560. The minimum absolute atomic E-state index is 0.0721. The molecule has 0 saturated heterocycles. The van der Waals surface area contributed by atoms with Gasteiger partial charge >= 0.3 is 5.97 Å². The van der Waals surface area contributed by atoms with Gasteiger partial charge in [0.1, 0.15) is 0 Å². The van der Waals surface area contributed by atoms with E-state index < -0.39 is 11.9 Å². The van der Waals surface area contributed by atoms with Crippen molar-refractivity contribution in [2.45, 2.75) is 6.92 Å². The van der Waals surface area contributed by atoms with Crippen LogP contribution in [0.1, 0.15) is 15.9 Å². The highest BCUT2D eigenvalue weighted by Gasteiger charge is 2.15. The summed E-state index contributed by atoms with van der Waals surface area (Å²) in [4.78, 5) is 35.7. The Labute approximate surface area is 117 Å². The maximum absolute atomic E-state index is 11.7. The van der Waals surface area contributed by atoms with Gasteiger partial charge in [-0.15, -0.1) is 0 Å². The third kappa shape index (κ3) is 4.72. The molecule has 1 rings (SSSR count). The zero-order valence-corrected chi connectivity index (χ0v) is 11.8. The average Bonchev–Trinajstić information content (AvgIpc) is 2.43. The van der Waals surface area contributed by atoms with E-state index in [2.05, 4.69) is 5.32 Å². The van der Waals surface area contributed by atoms with Gasteiger partial charge in [0, 0.05) is 14.1 Å². The van der Waals surface area contributed by atoms with Gasteiger partial charge in [-0.05, 0) is 19.1 Å². The van der Waals surface area contributed by atoms with Crippen LogP contribution in [0.25, 0.3) is 0 Å². The van der Waals surface area contributed by atoms with Crippen molar-refractivity contribution in [2.75, 3.05) is 27.2 Å². The number of hydrogen-bond donors (Lipinski definition) is 1. The van der Waals surface area contributed by atoms with E-state index in [-0.39, 0.29) is 19.1 Å². The van der Waals surface area contributed by atoms with Crippen LogP contribution in [0.15, 0.2) is 24.3 Å². The minimum Gasteiger partial charge on any atom is -0.452 e. The van der Waals surface area contributed by atoms with Crippen LogP contribution in [0.4, 0.5) is 0 Å². The molecule has 0 fully saturated rings. The fourth-order valence-corrected chi connectivity index (χ4v) is 1.48. The van der Waals surface area contributed by atoms with Crippen molar-refractivity contribution in [3.05, 3.63) is 35.4 Å². The van der Waals surface area contributed by atoms with Gasteiger partial charge in [0.05, 0.1) is 12.1 Å². The summed E-state index contributed by atoms with van der Waals surface area (Å²) in [6.45, 7) is 1.40. The number of likely N-dealkylation sites (N-methyl/N-ethyl adjacent to an activating group) is 2. The molecule has 0 aromatic heterocycles. The lowest BCUT2D eigenvalue weighted by molar-refractivity contribution is -0.137. The number of amides is 2. The highest BCUT2D eigenvalue weighted by atomic mass is 16.5. The molecule has 0 aliphatic heterocycles. The molecule has 6 nitrogen and oxygen atoms in total. The summed E-state index contributed by atoms with van der Waals surface area (Å²) >= 11 is 0. The standard InChI is InChI=1S/C14H18N2O4/c1-10-5-4-6-11(7-10)14(19)20-9-13(18)16(3)8-12(17)15-2/h4-7H,8-9H2,1-3H3,(H,15,17). The quantitative estimate of drug-likeness (QED) is 0.789. The van der Waals surface area contributed by atoms with Crippen LogP contribution in [-0.4, -0.2) is 49.9 Å². The molecule has 20 heavy (non-hydrogen) atoms. The van der Waals surface area contributed by atoms with E-state index in [0.717, 1.165) is 5.56 Å². The zero-order valence-electron chi connectivity index (χ0n) is 11.8. The summed E-state index contributed by atoms with van der Waals surface area (Å²) < 4.78 is 4.92. The molecule has 0 saturated carbocycles. The second-order valence-electron chi connectivity index (χ2n) is 4.37. The maximum Gasteiger partial charge on any atom is 0.338 e. The van der Waals surface area contributed by atoms with Crippen LogP contribution >= 0.6 is 0 Å². The molecule has 0 spiro atoms. The largest absolute Gasteiger partial charge is 0.452 e. The molecule has 108 valence electrons. The van der Waals surface area contributed by atoms with Gasteiger partial charge in [-0.1, -0.05) is 17.7 Å². The summed E-state index contributed by atoms with van der Waals surface area (Å²) in [6.07, 6.45) is 0. The van der Waals surface area contributed by atoms with Crippen molar-refractivity contribution in [1.82, 2.24) is 10.2 Å². The van der Waals surface area contributed by atoms with Gasteiger partial charge in [-0.25, -0.2) is 4.79 Å². The summed E-state index contributed by atoms with van der Waals surface area (Å²) in [5.41, 5.74) is 1.33. The van der Waals surface area contributed by atoms with Crippen LogP contribution in [0.5, 0.6) is 0 Å². The van der Waals surface area contributed by atoms with Crippen LogP contribution < -0.4 is 5.32 Å². The molecule has 0 radical (unpaired) electrons. The van der Waals surface area contributed by atoms with Crippen LogP contribution in [0.3, 0.4) is 0 Å². The molecule has 1 aromatic carbocycles. The van der Waals surface area contributed by atoms with Gasteiger partial charge < -0.3 is 15.0 Å². The van der Waals surface area contributed by atoms with Gasteiger partial charge in [-0.2, -0.15) is 0 Å². The van der Waals surface area contributed by atoms with Crippen molar-refractivity contribution in [1.29, 1.82) is 0 Å². The van der Waals surface area contributed by atoms with Crippen molar-refractivity contribution in [3.63, 3.8) is 0 Å². The molecule has 0 heterocycles. The van der Waals surface area contributed by atoms with Gasteiger partial charge in [0.15, 0.2) is 6.61 Å². The van der Waals surface area contributed by atoms with E-state index in [4.69, 9.17) is 4.74 Å². The van der Waals surface area contributed by atoms with E-state index in [1.807, 2.05) is 13.0 Å². The van der Waals surface area contributed by atoms with E-state index >= 15 is 0 Å². The molecular formula is C14H18N2O4. The molecule has 0 atom stereocenters. The molecule has 0 aliphatic carbocycles. The number of carbonyl (C=O) groups excluding carboxylic acids is 3. The number of carbonyl (C=O) groups is 3. The number of hydrogen-bond acceptors (Lipinski definition) is 4. The number of nitrogens with one attached hydrogen (secondary N) is 1. The number of esters is 1. The Bertz CT molecular complexity index is 514. The second-order valence-corrected chi connectivity index (χ2v) is 4.37. The SMILES string of the molecule is CNC(=O)CN(C)C(=O)COC(=O)c1cccc(C)c1. The van der Waals surface area contributed by atoms with Crippen molar-refractivity contribution in [3.8, 4) is 0 Å². The van der Waals surface area contributed by atoms with Crippen molar-refractivity contribution >= 4 is 17.8 Å². The smallest absolute Gasteiger partial charge is 0.338 e. The number of ether oxygens (including phenoxy) is 1. The first-order valence-electron chi connectivity index (χ1n) is 6.12. The van der Waals surface area contributed by atoms with Gasteiger partial charge in [0.25, 0.3) is 5.91 Å². The Morgan fingerprint density at radius 1 is 1.30 bits per heavy atom. The number of rotatable bonds is 5. The Morgan fingerprint density at radius 3 is 2.60 bits per heavy atom. The predicted octanol–water partition coefficient (Wildman–Crippen LogP) is 0.356.